The fourth-order valence-electron chi connectivity index (χ4n) is 3.64. The van der Waals surface area contributed by atoms with Crippen molar-refractivity contribution in [1.82, 2.24) is 20.4 Å². The van der Waals surface area contributed by atoms with Gasteiger partial charge in [-0.15, -0.1) is 0 Å². The summed E-state index contributed by atoms with van der Waals surface area (Å²) in [4.78, 5) is 26.0. The largest absolute Gasteiger partial charge is 0.394 e. The summed E-state index contributed by atoms with van der Waals surface area (Å²) in [5.74, 6) is -2.67. The zero-order chi connectivity index (χ0) is 26.6. The van der Waals surface area contributed by atoms with Gasteiger partial charge in [-0.05, 0) is 23.6 Å². The Morgan fingerprint density at radius 3 is 2.53 bits per heavy atom. The molecule has 0 saturated heterocycles. The molecule has 0 radical (unpaired) electrons. The van der Waals surface area contributed by atoms with E-state index in [0.29, 0.717) is 0 Å². The highest BCUT2D eigenvalue weighted by atomic mass is 19.1. The van der Waals surface area contributed by atoms with E-state index < -0.39 is 47.6 Å². The van der Waals surface area contributed by atoms with E-state index in [1.807, 2.05) is 6.07 Å². The molecule has 2 amide bonds. The number of hydrogen-bond acceptors (Lipinski definition) is 6. The first kappa shape index (κ1) is 26.7. The average Bonchev–Trinajstić information content (AvgIpc) is 3.20. The molecule has 0 saturated carbocycles. The Labute approximate surface area is 206 Å². The van der Waals surface area contributed by atoms with Crippen LogP contribution >= 0.6 is 0 Å². The molecule has 1 heterocycles. The van der Waals surface area contributed by atoms with Gasteiger partial charge < -0.3 is 20.8 Å². The van der Waals surface area contributed by atoms with E-state index in [1.165, 1.54) is 30.3 Å². The molecule has 4 N–H and O–H groups in total. The van der Waals surface area contributed by atoms with Gasteiger partial charge in [0.2, 0.25) is 5.91 Å². The number of hydrogen-bond donors (Lipinski definition) is 4. The second-order valence-electron chi connectivity index (χ2n) is 9.41. The van der Waals surface area contributed by atoms with Crippen molar-refractivity contribution in [2.45, 2.75) is 39.5 Å². The molecule has 3 aromatic rings. The molecule has 0 aliphatic heterocycles. The van der Waals surface area contributed by atoms with Gasteiger partial charge in [-0.1, -0.05) is 39.0 Å². The number of fused-ring (bicyclic) bond motifs is 1. The fourth-order valence-corrected chi connectivity index (χ4v) is 3.64. The number of aromatic nitrogens is 2. The number of carbonyl (C=O) groups excluding carboxylic acids is 2. The van der Waals surface area contributed by atoms with Crippen molar-refractivity contribution in [2.75, 3.05) is 13.2 Å². The minimum atomic E-state index is -1.16. The van der Waals surface area contributed by atoms with Crippen LogP contribution < -0.4 is 10.6 Å². The Morgan fingerprint density at radius 1 is 1.19 bits per heavy atom. The molecule has 3 rings (SSSR count). The smallest absolute Gasteiger partial charge is 0.273 e. The van der Waals surface area contributed by atoms with Crippen molar-refractivity contribution < 1.29 is 28.6 Å². The molecular weight excluding hydrogens is 472 g/mol. The van der Waals surface area contributed by atoms with E-state index in [-0.39, 0.29) is 40.8 Å². The predicted octanol–water partition coefficient (Wildman–Crippen LogP) is 1.85. The van der Waals surface area contributed by atoms with Gasteiger partial charge in [0, 0.05) is 17.5 Å². The number of benzene rings is 2. The van der Waals surface area contributed by atoms with Crippen molar-refractivity contribution in [3.63, 3.8) is 0 Å². The molecule has 190 valence electrons. The van der Waals surface area contributed by atoms with Crippen LogP contribution in [0.3, 0.4) is 0 Å². The van der Waals surface area contributed by atoms with Crippen molar-refractivity contribution in [1.29, 1.82) is 5.26 Å². The lowest BCUT2D eigenvalue weighted by Gasteiger charge is -2.30. The minimum Gasteiger partial charge on any atom is -0.394 e. The second-order valence-corrected chi connectivity index (χ2v) is 9.41. The van der Waals surface area contributed by atoms with E-state index in [0.717, 1.165) is 10.7 Å². The fraction of sp³-hybridized carbons (Fsp3) is 0.360. The maximum absolute atomic E-state index is 14.8. The Hall–Kier alpha value is -3.88. The Balaban J connectivity index is 1.96. The molecule has 0 aliphatic carbocycles. The lowest BCUT2D eigenvalue weighted by atomic mass is 9.86. The SMILES string of the molecule is CC(C)(C)[C@H](NC(=O)c1nn(Cc2ccc(C#N)cc2F)c2c(F)cccc12)C(=O)NC[C@H](O)CO. The van der Waals surface area contributed by atoms with Crippen molar-refractivity contribution in [3.05, 3.63) is 64.9 Å². The summed E-state index contributed by atoms with van der Waals surface area (Å²) < 4.78 is 30.5. The monoisotopic (exact) mass is 499 g/mol. The molecule has 1 aromatic heterocycles. The lowest BCUT2D eigenvalue weighted by molar-refractivity contribution is -0.125. The zero-order valence-corrected chi connectivity index (χ0v) is 20.0. The number of rotatable bonds is 8. The number of para-hydroxylation sites is 1. The van der Waals surface area contributed by atoms with E-state index in [1.54, 1.807) is 20.8 Å². The van der Waals surface area contributed by atoms with Gasteiger partial charge in [0.15, 0.2) is 5.69 Å². The van der Waals surface area contributed by atoms with Gasteiger partial charge in [0.05, 0.1) is 30.9 Å². The maximum Gasteiger partial charge on any atom is 0.273 e. The highest BCUT2D eigenvalue weighted by Gasteiger charge is 2.34. The number of aliphatic hydroxyl groups excluding tert-OH is 2. The molecule has 0 bridgehead atoms. The average molecular weight is 500 g/mol. The summed E-state index contributed by atoms with van der Waals surface area (Å²) in [5.41, 5.74) is -0.654. The summed E-state index contributed by atoms with van der Waals surface area (Å²) in [6, 6.07) is 8.76. The highest BCUT2D eigenvalue weighted by Crippen LogP contribution is 2.25. The standard InChI is InChI=1S/C25H27F2N5O4/c1-25(2,3)22(24(36)29-11-16(34)13-33)30-23(35)20-17-5-4-6-18(26)21(17)32(31-20)12-15-8-7-14(10-28)9-19(15)27/h4-9,16,22,33-34H,11-13H2,1-3H3,(H,29,36)(H,30,35)/t16-,22+/m0/s1. The van der Waals surface area contributed by atoms with Gasteiger partial charge in [-0.2, -0.15) is 10.4 Å². The molecule has 0 aliphatic rings. The molecule has 0 fully saturated rings. The van der Waals surface area contributed by atoms with Crippen LogP contribution in [0.2, 0.25) is 0 Å². The number of carbonyl (C=O) groups is 2. The number of amides is 2. The van der Waals surface area contributed by atoms with E-state index in [4.69, 9.17) is 10.4 Å². The summed E-state index contributed by atoms with van der Waals surface area (Å²) >= 11 is 0. The first-order chi connectivity index (χ1) is 17.0. The molecule has 0 spiro atoms. The number of aliphatic hydroxyl groups is 2. The van der Waals surface area contributed by atoms with Gasteiger partial charge >= 0.3 is 0 Å². The Bertz CT molecular complexity index is 1330. The van der Waals surface area contributed by atoms with Crippen molar-refractivity contribution >= 4 is 22.7 Å². The summed E-state index contributed by atoms with van der Waals surface area (Å²) in [6.45, 7) is 4.22. The van der Waals surface area contributed by atoms with Crippen LogP contribution in [-0.2, 0) is 11.3 Å². The van der Waals surface area contributed by atoms with E-state index >= 15 is 0 Å². The first-order valence-corrected chi connectivity index (χ1v) is 11.2. The van der Waals surface area contributed by atoms with Crippen molar-refractivity contribution in [3.8, 4) is 6.07 Å². The second kappa shape index (κ2) is 10.8. The quantitative estimate of drug-likeness (QED) is 0.373. The zero-order valence-electron chi connectivity index (χ0n) is 20.0. The Kier molecular flexibility index (Phi) is 8.02. The third-order valence-electron chi connectivity index (χ3n) is 5.56. The first-order valence-electron chi connectivity index (χ1n) is 11.2. The van der Waals surface area contributed by atoms with Crippen LogP contribution in [-0.4, -0.2) is 57.1 Å². The third-order valence-corrected chi connectivity index (χ3v) is 5.56. The third kappa shape index (κ3) is 5.84. The number of nitrogens with zero attached hydrogens (tertiary/aromatic N) is 3. The number of nitriles is 1. The van der Waals surface area contributed by atoms with Crippen molar-refractivity contribution in [2.24, 2.45) is 5.41 Å². The van der Waals surface area contributed by atoms with Crippen LogP contribution in [0, 0.1) is 28.4 Å². The maximum atomic E-state index is 14.8. The Morgan fingerprint density at radius 2 is 1.92 bits per heavy atom. The number of halogens is 2. The molecule has 9 nitrogen and oxygen atoms in total. The molecule has 2 aromatic carbocycles. The molecular formula is C25H27F2N5O4. The summed E-state index contributed by atoms with van der Waals surface area (Å²) in [5, 5.41) is 37.0. The highest BCUT2D eigenvalue weighted by molar-refractivity contribution is 6.06. The topological polar surface area (TPSA) is 140 Å². The number of nitrogens with one attached hydrogen (secondary N) is 2. The van der Waals surface area contributed by atoms with Crippen LogP contribution in [0.1, 0.15) is 42.4 Å². The predicted molar refractivity (Wildman–Crippen MR) is 127 cm³/mol. The van der Waals surface area contributed by atoms with Gasteiger partial charge in [-0.3, -0.25) is 14.3 Å². The van der Waals surface area contributed by atoms with Crippen LogP contribution in [0.15, 0.2) is 36.4 Å². The van der Waals surface area contributed by atoms with E-state index in [9.17, 15) is 23.5 Å². The summed E-state index contributed by atoms with van der Waals surface area (Å²) in [6.07, 6.45) is -1.16. The molecule has 2 atom stereocenters. The van der Waals surface area contributed by atoms with Crippen LogP contribution in [0.25, 0.3) is 10.9 Å². The summed E-state index contributed by atoms with van der Waals surface area (Å²) in [7, 11) is 0. The molecule has 36 heavy (non-hydrogen) atoms. The van der Waals surface area contributed by atoms with Gasteiger partial charge in [0.25, 0.3) is 5.91 Å². The van der Waals surface area contributed by atoms with Gasteiger partial charge in [-0.25, -0.2) is 8.78 Å². The van der Waals surface area contributed by atoms with Crippen LogP contribution in [0.4, 0.5) is 8.78 Å². The molecule has 11 heteroatoms. The van der Waals surface area contributed by atoms with Gasteiger partial charge in [0.1, 0.15) is 23.2 Å². The lowest BCUT2D eigenvalue weighted by Crippen LogP contribution is -2.54. The normalized spacial score (nSPS) is 13.2. The van der Waals surface area contributed by atoms with Crippen LogP contribution in [0.5, 0.6) is 0 Å². The molecule has 0 unspecified atom stereocenters. The minimum absolute atomic E-state index is 0.0192. The van der Waals surface area contributed by atoms with E-state index in [2.05, 4.69) is 15.7 Å².